The molecule has 0 unspecified atom stereocenters. The quantitative estimate of drug-likeness (QED) is 0.804. The third-order valence-electron chi connectivity index (χ3n) is 5.24. The number of sulfonamides is 1. The van der Waals surface area contributed by atoms with E-state index in [0.29, 0.717) is 28.3 Å². The van der Waals surface area contributed by atoms with Crippen molar-refractivity contribution in [1.29, 1.82) is 5.26 Å². The van der Waals surface area contributed by atoms with Crippen molar-refractivity contribution in [2.45, 2.75) is 5.92 Å². The molecule has 154 valence electrons. The molecule has 4 rings (SSSR count). The number of nitrogens with two attached hydrogens (primary N) is 1. The zero-order valence-electron chi connectivity index (χ0n) is 16.5. The van der Waals surface area contributed by atoms with Gasteiger partial charge in [0.2, 0.25) is 5.88 Å². The maximum atomic E-state index is 13.6. The monoisotopic (exact) mass is 425 g/mol. The van der Waals surface area contributed by atoms with Crippen molar-refractivity contribution in [2.24, 2.45) is 5.73 Å². The zero-order valence-corrected chi connectivity index (χ0v) is 17.4. The van der Waals surface area contributed by atoms with Gasteiger partial charge in [-0.2, -0.15) is 5.26 Å². The Morgan fingerprint density at radius 1 is 1.13 bits per heavy atom. The fourth-order valence-electron chi connectivity index (χ4n) is 3.85. The first-order valence-electron chi connectivity index (χ1n) is 8.97. The highest BCUT2D eigenvalue weighted by atomic mass is 32.2. The average Bonchev–Trinajstić information content (AvgIpc) is 2.76. The second-order valence-electron chi connectivity index (χ2n) is 6.69. The molecule has 0 fully saturated rings. The molecule has 2 aromatic carbocycles. The number of nitriles is 1. The fraction of sp³-hybridized carbons (Fsp3) is 0.190. The number of hydrogen-bond donors (Lipinski definition) is 1. The number of nitrogens with zero attached hydrogens (tertiary/aromatic N) is 2. The van der Waals surface area contributed by atoms with Crippen LogP contribution in [0.5, 0.6) is 11.5 Å². The number of benzene rings is 2. The molecular formula is C21H19N3O5S. The summed E-state index contributed by atoms with van der Waals surface area (Å²) < 4.78 is 44.9. The SMILES string of the molecule is COc1cccc([C@H]2C(C#N)=C(N)OC3=C2S(=O)(=O)N(C)c2ccccc23)c1OC. The van der Waals surface area contributed by atoms with Crippen LogP contribution in [0.1, 0.15) is 17.0 Å². The van der Waals surface area contributed by atoms with Gasteiger partial charge in [-0.05, 0) is 18.2 Å². The fourth-order valence-corrected chi connectivity index (χ4v) is 5.49. The van der Waals surface area contributed by atoms with Gasteiger partial charge >= 0.3 is 0 Å². The van der Waals surface area contributed by atoms with Gasteiger partial charge in [-0.1, -0.05) is 24.3 Å². The summed E-state index contributed by atoms with van der Waals surface area (Å²) in [6.45, 7) is 0. The summed E-state index contributed by atoms with van der Waals surface area (Å²) in [6, 6.07) is 14.0. The van der Waals surface area contributed by atoms with E-state index in [0.717, 1.165) is 0 Å². The number of hydrogen-bond acceptors (Lipinski definition) is 7. The molecule has 2 heterocycles. The van der Waals surface area contributed by atoms with Gasteiger partial charge in [0.25, 0.3) is 10.0 Å². The minimum Gasteiger partial charge on any atom is -0.493 e. The molecule has 9 heteroatoms. The third-order valence-corrected chi connectivity index (χ3v) is 7.14. The highest BCUT2D eigenvalue weighted by Gasteiger charge is 2.47. The van der Waals surface area contributed by atoms with Gasteiger partial charge < -0.3 is 19.9 Å². The molecule has 1 atom stereocenters. The Balaban J connectivity index is 2.11. The van der Waals surface area contributed by atoms with Crippen LogP contribution < -0.4 is 19.5 Å². The van der Waals surface area contributed by atoms with Crippen molar-refractivity contribution < 1.29 is 22.6 Å². The van der Waals surface area contributed by atoms with E-state index < -0.39 is 15.9 Å². The number of anilines is 1. The second kappa shape index (κ2) is 7.00. The molecule has 30 heavy (non-hydrogen) atoms. The molecule has 8 nitrogen and oxygen atoms in total. The van der Waals surface area contributed by atoms with Crippen molar-refractivity contribution >= 4 is 21.5 Å². The Morgan fingerprint density at radius 3 is 2.53 bits per heavy atom. The Hall–Kier alpha value is -3.64. The van der Waals surface area contributed by atoms with Crippen LogP contribution in [-0.4, -0.2) is 29.7 Å². The van der Waals surface area contributed by atoms with Crippen LogP contribution in [0.4, 0.5) is 5.69 Å². The van der Waals surface area contributed by atoms with Crippen molar-refractivity contribution in [2.75, 3.05) is 25.6 Å². The largest absolute Gasteiger partial charge is 0.493 e. The van der Waals surface area contributed by atoms with Gasteiger partial charge in [0.05, 0.1) is 25.8 Å². The molecule has 2 aliphatic heterocycles. The summed E-state index contributed by atoms with van der Waals surface area (Å²) in [7, 11) is 0.360. The number of ether oxygens (including phenoxy) is 3. The minimum absolute atomic E-state index is 0.0170. The van der Waals surface area contributed by atoms with Crippen LogP contribution in [0.3, 0.4) is 0 Å². The number of rotatable bonds is 3. The van der Waals surface area contributed by atoms with Gasteiger partial charge in [0.15, 0.2) is 17.3 Å². The van der Waals surface area contributed by atoms with Crippen molar-refractivity contribution in [3.05, 3.63) is 70.0 Å². The summed E-state index contributed by atoms with van der Waals surface area (Å²) in [5, 5.41) is 9.83. The lowest BCUT2D eigenvalue weighted by molar-refractivity contribution is 0.345. The van der Waals surface area contributed by atoms with Crippen LogP contribution in [-0.2, 0) is 14.8 Å². The third kappa shape index (κ3) is 2.61. The molecular weight excluding hydrogens is 406 g/mol. The first kappa shape index (κ1) is 19.7. The predicted molar refractivity (Wildman–Crippen MR) is 111 cm³/mol. The molecule has 2 aromatic rings. The lowest BCUT2D eigenvalue weighted by atomic mass is 9.87. The van der Waals surface area contributed by atoms with E-state index in [1.54, 1.807) is 42.5 Å². The molecule has 0 amide bonds. The second-order valence-corrected chi connectivity index (χ2v) is 8.63. The Labute approximate surface area is 174 Å². The average molecular weight is 425 g/mol. The Kier molecular flexibility index (Phi) is 4.59. The lowest BCUT2D eigenvalue weighted by Gasteiger charge is -2.36. The summed E-state index contributed by atoms with van der Waals surface area (Å²) >= 11 is 0. The van der Waals surface area contributed by atoms with Gasteiger partial charge in [-0.15, -0.1) is 0 Å². The number of methoxy groups -OCH3 is 2. The van der Waals surface area contributed by atoms with Crippen molar-refractivity contribution in [3.63, 3.8) is 0 Å². The molecule has 0 aliphatic carbocycles. The Bertz CT molecular complexity index is 1260. The van der Waals surface area contributed by atoms with Gasteiger partial charge in [0.1, 0.15) is 16.5 Å². The van der Waals surface area contributed by atoms with Gasteiger partial charge in [-0.3, -0.25) is 4.31 Å². The summed E-state index contributed by atoms with van der Waals surface area (Å²) in [4.78, 5) is -0.0685. The standard InChI is InChI=1S/C21H19N3O5S/c1-24-15-9-5-4-7-12(15)19-20(30(24,25)26)17(14(11-22)21(23)29-19)13-8-6-10-16(27-2)18(13)28-3/h4-10,17H,23H2,1-3H3/t17-/m0/s1. The Morgan fingerprint density at radius 2 is 1.87 bits per heavy atom. The van der Waals surface area contributed by atoms with E-state index in [4.69, 9.17) is 19.9 Å². The van der Waals surface area contributed by atoms with Crippen LogP contribution in [0, 0.1) is 11.3 Å². The molecule has 0 aromatic heterocycles. The summed E-state index contributed by atoms with van der Waals surface area (Å²) in [6.07, 6.45) is 0. The summed E-state index contributed by atoms with van der Waals surface area (Å²) in [5.41, 5.74) is 7.53. The molecule has 0 saturated carbocycles. The number of para-hydroxylation sites is 2. The van der Waals surface area contributed by atoms with Gasteiger partial charge in [-0.25, -0.2) is 8.42 Å². The predicted octanol–water partition coefficient (Wildman–Crippen LogP) is 2.66. The minimum atomic E-state index is -4.03. The number of allylic oxidation sites excluding steroid dienone is 2. The molecule has 0 saturated heterocycles. The van der Waals surface area contributed by atoms with Gasteiger partial charge in [0, 0.05) is 18.2 Å². The van der Waals surface area contributed by atoms with E-state index >= 15 is 0 Å². The maximum Gasteiger partial charge on any atom is 0.264 e. The summed E-state index contributed by atoms with van der Waals surface area (Å²) in [5.74, 6) is -0.349. The zero-order chi connectivity index (χ0) is 21.6. The van der Waals surface area contributed by atoms with Crippen LogP contribution >= 0.6 is 0 Å². The normalized spacial score (nSPS) is 19.4. The van der Waals surface area contributed by atoms with E-state index in [-0.39, 0.29) is 22.1 Å². The number of fused-ring (bicyclic) bond motifs is 2. The molecule has 0 bridgehead atoms. The highest BCUT2D eigenvalue weighted by molar-refractivity contribution is 7.96. The van der Waals surface area contributed by atoms with Crippen LogP contribution in [0.15, 0.2) is 58.8 Å². The van der Waals surface area contributed by atoms with Crippen molar-refractivity contribution in [3.8, 4) is 17.6 Å². The highest BCUT2D eigenvalue weighted by Crippen LogP contribution is 2.52. The van der Waals surface area contributed by atoms with Crippen molar-refractivity contribution in [1.82, 2.24) is 0 Å². The molecule has 0 spiro atoms. The van der Waals surface area contributed by atoms with E-state index in [2.05, 4.69) is 0 Å². The maximum absolute atomic E-state index is 13.6. The van der Waals surface area contributed by atoms with E-state index in [9.17, 15) is 13.7 Å². The topological polar surface area (TPSA) is 115 Å². The van der Waals surface area contributed by atoms with E-state index in [1.165, 1.54) is 25.6 Å². The molecule has 0 radical (unpaired) electrons. The first-order valence-corrected chi connectivity index (χ1v) is 10.4. The molecule has 2 N–H and O–H groups in total. The molecule has 2 aliphatic rings. The van der Waals surface area contributed by atoms with E-state index in [1.807, 2.05) is 6.07 Å². The van der Waals surface area contributed by atoms with Crippen LogP contribution in [0.25, 0.3) is 5.76 Å². The van der Waals surface area contributed by atoms with Crippen LogP contribution in [0.2, 0.25) is 0 Å². The first-order chi connectivity index (χ1) is 14.4. The lowest BCUT2D eigenvalue weighted by Crippen LogP contribution is -2.37. The smallest absolute Gasteiger partial charge is 0.264 e.